The summed E-state index contributed by atoms with van der Waals surface area (Å²) in [5.41, 5.74) is 0.0910. The van der Waals surface area contributed by atoms with E-state index in [0.29, 0.717) is 9.79 Å². The summed E-state index contributed by atoms with van der Waals surface area (Å²) < 4.78 is 32.5. The normalized spacial score (nSPS) is 21.8. The third-order valence-corrected chi connectivity index (χ3v) is 8.77. The summed E-state index contributed by atoms with van der Waals surface area (Å²) in [5.74, 6) is 0.371. The quantitative estimate of drug-likeness (QED) is 0.693. The van der Waals surface area contributed by atoms with Gasteiger partial charge in [0, 0.05) is 33.7 Å². The molecule has 2 aromatic carbocycles. The van der Waals surface area contributed by atoms with Crippen LogP contribution in [0.3, 0.4) is 0 Å². The second-order valence-electron chi connectivity index (χ2n) is 8.76. The molecule has 0 N–H and O–H groups in total. The Morgan fingerprint density at radius 3 is 1.86 bits per heavy atom. The maximum Gasteiger partial charge on any atom is 0.123 e. The van der Waals surface area contributed by atoms with Crippen LogP contribution < -0.4 is 4.74 Å². The minimum atomic E-state index is -2.85. The van der Waals surface area contributed by atoms with Gasteiger partial charge in [-0.3, -0.25) is 4.90 Å². The highest BCUT2D eigenvalue weighted by Crippen LogP contribution is 2.38. The van der Waals surface area contributed by atoms with Crippen molar-refractivity contribution in [3.05, 3.63) is 54.3 Å². The molecule has 0 amide bonds. The molecule has 1 fully saturated rings. The fourth-order valence-electron chi connectivity index (χ4n) is 4.00. The van der Waals surface area contributed by atoms with Crippen molar-refractivity contribution in [1.82, 2.24) is 4.90 Å². The summed E-state index contributed by atoms with van der Waals surface area (Å²) >= 11 is 5.36. The van der Waals surface area contributed by atoms with Crippen LogP contribution in [0.15, 0.2) is 58.3 Å². The summed E-state index contributed by atoms with van der Waals surface area (Å²) in [4.78, 5) is 3.39. The van der Waals surface area contributed by atoms with Crippen LogP contribution >= 0.6 is 0 Å². The van der Waals surface area contributed by atoms with E-state index in [4.69, 9.17) is 15.9 Å². The maximum absolute atomic E-state index is 13.1. The number of benzene rings is 2. The molecule has 1 atom stereocenters. The molecule has 0 aliphatic carbocycles. The maximum atomic E-state index is 13.1. The molecule has 0 saturated carbocycles. The molecule has 1 aliphatic rings. The molecular weight excluding hydrogens is 393 g/mol. The largest absolute Gasteiger partial charge is 0.490 e. The SMILES string of the molecule is CN1C(C)(C)CC(Oc2ccc(S(=O)(=S)c3ccc(F)cc3)cc2)CC1(C)C. The van der Waals surface area contributed by atoms with E-state index in [2.05, 4.69) is 39.6 Å². The number of nitrogens with zero attached hydrogens (tertiary/aromatic N) is 1. The number of halogens is 1. The van der Waals surface area contributed by atoms with E-state index in [1.165, 1.54) is 24.3 Å². The molecule has 2 aromatic rings. The summed E-state index contributed by atoms with van der Waals surface area (Å²) in [6.07, 6.45) is 1.97. The van der Waals surface area contributed by atoms with Crippen molar-refractivity contribution in [2.45, 2.75) is 67.5 Å². The second-order valence-corrected chi connectivity index (χ2v) is 12.1. The minimum absolute atomic E-state index is 0.0455. The molecular formula is C22H28FNO2S2. The molecule has 0 radical (unpaired) electrons. The Balaban J connectivity index is 1.77. The molecule has 3 rings (SSSR count). The van der Waals surface area contributed by atoms with Gasteiger partial charge in [-0.05, 0) is 94.5 Å². The topological polar surface area (TPSA) is 29.5 Å². The Morgan fingerprint density at radius 1 is 0.964 bits per heavy atom. The summed E-state index contributed by atoms with van der Waals surface area (Å²) in [6, 6.07) is 12.7. The monoisotopic (exact) mass is 421 g/mol. The van der Waals surface area contributed by atoms with Crippen molar-refractivity contribution in [3.8, 4) is 5.75 Å². The van der Waals surface area contributed by atoms with E-state index in [0.717, 1.165) is 18.6 Å². The van der Waals surface area contributed by atoms with Crippen LogP contribution in [0.4, 0.5) is 4.39 Å². The van der Waals surface area contributed by atoms with Crippen molar-refractivity contribution in [2.75, 3.05) is 7.05 Å². The van der Waals surface area contributed by atoms with Crippen LogP contribution in [0.5, 0.6) is 5.75 Å². The van der Waals surface area contributed by atoms with Gasteiger partial charge in [0.05, 0.1) is 8.49 Å². The minimum Gasteiger partial charge on any atom is -0.490 e. The Hall–Kier alpha value is -1.50. The number of likely N-dealkylation sites (tertiary alicyclic amines) is 1. The lowest BCUT2D eigenvalue weighted by atomic mass is 9.79. The van der Waals surface area contributed by atoms with Crippen LogP contribution in [0, 0.1) is 5.82 Å². The highest BCUT2D eigenvalue weighted by Gasteiger charge is 2.43. The van der Waals surface area contributed by atoms with Gasteiger partial charge >= 0.3 is 0 Å². The number of ether oxygens (including phenoxy) is 1. The standard InChI is InChI=1S/C22H28FNO2S2/c1-21(2)14-18(15-22(3,4)24(21)5)26-17-8-12-20(13-9-17)28(25,27)19-10-6-16(23)7-11-19/h6-13,18H,14-15H2,1-5H3. The highest BCUT2D eigenvalue weighted by molar-refractivity contribution is 8.33. The fourth-order valence-corrected chi connectivity index (χ4v) is 5.93. The Bertz CT molecular complexity index is 918. The number of piperidine rings is 1. The van der Waals surface area contributed by atoms with Gasteiger partial charge in [-0.2, -0.15) is 0 Å². The van der Waals surface area contributed by atoms with Gasteiger partial charge < -0.3 is 4.74 Å². The van der Waals surface area contributed by atoms with Gasteiger partial charge in [-0.25, -0.2) is 8.60 Å². The molecule has 0 bridgehead atoms. The smallest absolute Gasteiger partial charge is 0.123 e. The average Bonchev–Trinajstić information content (AvgIpc) is 2.60. The third kappa shape index (κ3) is 4.24. The van der Waals surface area contributed by atoms with Crippen LogP contribution in [0.1, 0.15) is 40.5 Å². The van der Waals surface area contributed by atoms with Gasteiger partial charge in [0.1, 0.15) is 17.7 Å². The second kappa shape index (κ2) is 7.39. The Kier molecular flexibility index (Phi) is 5.60. The van der Waals surface area contributed by atoms with Crippen molar-refractivity contribution in [1.29, 1.82) is 0 Å². The molecule has 1 aliphatic heterocycles. The lowest BCUT2D eigenvalue weighted by Gasteiger charge is -2.53. The van der Waals surface area contributed by atoms with Crippen LogP contribution in [0.2, 0.25) is 0 Å². The predicted molar refractivity (Wildman–Crippen MR) is 114 cm³/mol. The molecule has 28 heavy (non-hydrogen) atoms. The molecule has 152 valence electrons. The van der Waals surface area contributed by atoms with Crippen molar-refractivity contribution >= 4 is 19.7 Å². The van der Waals surface area contributed by atoms with Gasteiger partial charge in [0.15, 0.2) is 0 Å². The zero-order chi connectivity index (χ0) is 20.7. The third-order valence-electron chi connectivity index (χ3n) is 5.83. The molecule has 1 unspecified atom stereocenters. The van der Waals surface area contributed by atoms with Crippen molar-refractivity contribution in [2.24, 2.45) is 0 Å². The zero-order valence-corrected chi connectivity index (χ0v) is 18.7. The lowest BCUT2D eigenvalue weighted by molar-refractivity contribution is -0.0556. The zero-order valence-electron chi connectivity index (χ0n) is 17.1. The van der Waals surface area contributed by atoms with Crippen LogP contribution in [-0.2, 0) is 19.7 Å². The Morgan fingerprint density at radius 2 is 1.39 bits per heavy atom. The molecule has 6 heteroatoms. The highest BCUT2D eigenvalue weighted by atomic mass is 32.8. The number of rotatable bonds is 4. The van der Waals surface area contributed by atoms with Crippen LogP contribution in [-0.4, -0.2) is 33.3 Å². The summed E-state index contributed by atoms with van der Waals surface area (Å²) in [7, 11) is -0.678. The first kappa shape index (κ1) is 21.2. The van der Waals surface area contributed by atoms with Crippen molar-refractivity contribution in [3.63, 3.8) is 0 Å². The molecule has 0 aromatic heterocycles. The molecule has 1 heterocycles. The number of hydrogen-bond acceptors (Lipinski definition) is 4. The van der Waals surface area contributed by atoms with Gasteiger partial charge in [-0.15, -0.1) is 0 Å². The van der Waals surface area contributed by atoms with E-state index < -0.39 is 8.49 Å². The molecule has 0 spiro atoms. The van der Waals surface area contributed by atoms with Gasteiger partial charge in [0.25, 0.3) is 0 Å². The van der Waals surface area contributed by atoms with E-state index >= 15 is 0 Å². The summed E-state index contributed by atoms with van der Waals surface area (Å²) in [5, 5.41) is 0. The Labute approximate surface area is 172 Å². The average molecular weight is 422 g/mol. The van der Waals surface area contributed by atoms with E-state index in [9.17, 15) is 8.60 Å². The molecule has 3 nitrogen and oxygen atoms in total. The van der Waals surface area contributed by atoms with E-state index in [1.54, 1.807) is 12.1 Å². The number of hydrogen-bond donors (Lipinski definition) is 0. The van der Waals surface area contributed by atoms with Gasteiger partial charge in [0.2, 0.25) is 0 Å². The van der Waals surface area contributed by atoms with E-state index in [1.807, 2.05) is 12.1 Å². The first-order valence-electron chi connectivity index (χ1n) is 9.43. The summed E-state index contributed by atoms with van der Waals surface area (Å²) in [6.45, 7) is 8.95. The fraction of sp³-hybridized carbons (Fsp3) is 0.455. The first-order chi connectivity index (χ1) is 12.9. The first-order valence-corrected chi connectivity index (χ1v) is 11.9. The lowest BCUT2D eigenvalue weighted by Crippen LogP contribution is -2.60. The van der Waals surface area contributed by atoms with E-state index in [-0.39, 0.29) is 23.0 Å². The predicted octanol–water partition coefficient (Wildman–Crippen LogP) is 5.02. The molecule has 1 saturated heterocycles. The van der Waals surface area contributed by atoms with Gasteiger partial charge in [-0.1, -0.05) is 0 Å². The van der Waals surface area contributed by atoms with Crippen molar-refractivity contribution < 1.29 is 13.3 Å². The van der Waals surface area contributed by atoms with Crippen LogP contribution in [0.25, 0.3) is 0 Å².